The highest BCUT2D eigenvalue weighted by molar-refractivity contribution is 7.89. The largest absolute Gasteiger partial charge is 0.508 e. The predicted octanol–water partition coefficient (Wildman–Crippen LogP) is 1.11. The molecule has 1 aromatic rings. The van der Waals surface area contributed by atoms with Crippen LogP contribution in [0.5, 0.6) is 5.75 Å². The molecule has 1 heterocycles. The molecule has 2 rings (SSSR count). The number of nitrogens with zero attached hydrogens (tertiary/aromatic N) is 2. The van der Waals surface area contributed by atoms with Crippen LogP contribution in [0.4, 0.5) is 0 Å². The molecule has 1 aromatic carbocycles. The smallest absolute Gasteiger partial charge is 0.243 e. The molecule has 6 heteroatoms. The van der Waals surface area contributed by atoms with Crippen LogP contribution in [0.15, 0.2) is 29.2 Å². The van der Waals surface area contributed by atoms with Crippen molar-refractivity contribution in [3.63, 3.8) is 0 Å². The highest BCUT2D eigenvalue weighted by atomic mass is 32.2. The summed E-state index contributed by atoms with van der Waals surface area (Å²) in [6.45, 7) is 1.76. The molecule has 0 amide bonds. The van der Waals surface area contributed by atoms with Crippen molar-refractivity contribution in [3.8, 4) is 5.75 Å². The van der Waals surface area contributed by atoms with Gasteiger partial charge in [0.1, 0.15) is 5.75 Å². The van der Waals surface area contributed by atoms with Gasteiger partial charge in [-0.1, -0.05) is 6.07 Å². The average Bonchev–Trinajstić information content (AvgIpc) is 2.38. The Hall–Kier alpha value is -1.11. The molecule has 1 unspecified atom stereocenters. The van der Waals surface area contributed by atoms with E-state index in [1.54, 1.807) is 13.1 Å². The van der Waals surface area contributed by atoms with E-state index in [4.69, 9.17) is 0 Å². The molecule has 0 aromatic heterocycles. The molecule has 0 bridgehead atoms. The van der Waals surface area contributed by atoms with Gasteiger partial charge in [0, 0.05) is 19.6 Å². The van der Waals surface area contributed by atoms with Crippen LogP contribution in [-0.2, 0) is 10.0 Å². The molecule has 0 aliphatic carbocycles. The Kier molecular flexibility index (Phi) is 4.13. The number of rotatable bonds is 3. The lowest BCUT2D eigenvalue weighted by atomic mass is 10.1. The van der Waals surface area contributed by atoms with Crippen molar-refractivity contribution in [2.45, 2.75) is 23.8 Å². The zero-order valence-corrected chi connectivity index (χ0v) is 12.1. The van der Waals surface area contributed by atoms with Gasteiger partial charge in [0.2, 0.25) is 10.0 Å². The average molecular weight is 284 g/mol. The highest BCUT2D eigenvalue weighted by Crippen LogP contribution is 2.23. The van der Waals surface area contributed by atoms with Crippen molar-refractivity contribution in [1.82, 2.24) is 9.21 Å². The SMILES string of the molecule is CN1CCCC(N(C)S(=O)(=O)c2cccc(O)c2)C1. The second-order valence-electron chi connectivity index (χ2n) is 5.08. The topological polar surface area (TPSA) is 60.9 Å². The minimum atomic E-state index is -3.54. The monoisotopic (exact) mass is 284 g/mol. The molecule has 1 aliphatic heterocycles. The lowest BCUT2D eigenvalue weighted by Gasteiger charge is -2.35. The fourth-order valence-electron chi connectivity index (χ4n) is 2.44. The zero-order chi connectivity index (χ0) is 14.0. The van der Waals surface area contributed by atoms with Gasteiger partial charge in [0.15, 0.2) is 0 Å². The maximum atomic E-state index is 12.5. The predicted molar refractivity (Wildman–Crippen MR) is 73.6 cm³/mol. The molecule has 0 spiro atoms. The minimum absolute atomic E-state index is 0.00824. The minimum Gasteiger partial charge on any atom is -0.508 e. The summed E-state index contributed by atoms with van der Waals surface area (Å²) in [5.74, 6) is -0.0322. The highest BCUT2D eigenvalue weighted by Gasteiger charge is 2.30. The number of benzene rings is 1. The first-order valence-corrected chi connectivity index (χ1v) is 7.81. The first kappa shape index (κ1) is 14.3. The number of likely N-dealkylation sites (tertiary alicyclic amines) is 1. The van der Waals surface area contributed by atoms with E-state index in [1.165, 1.54) is 22.5 Å². The number of piperidine rings is 1. The summed E-state index contributed by atoms with van der Waals surface area (Å²) in [5, 5.41) is 9.42. The zero-order valence-electron chi connectivity index (χ0n) is 11.3. The second kappa shape index (κ2) is 5.48. The van der Waals surface area contributed by atoms with Gasteiger partial charge in [-0.15, -0.1) is 0 Å². The number of phenols is 1. The van der Waals surface area contributed by atoms with Gasteiger partial charge >= 0.3 is 0 Å². The maximum absolute atomic E-state index is 12.5. The standard InChI is InChI=1S/C13H20N2O3S/c1-14-8-4-5-11(10-14)15(2)19(17,18)13-7-3-6-12(16)9-13/h3,6-7,9,11,16H,4-5,8,10H2,1-2H3. The van der Waals surface area contributed by atoms with Crippen LogP contribution in [0, 0.1) is 0 Å². The van der Waals surface area contributed by atoms with Crippen LogP contribution in [-0.4, -0.2) is 56.0 Å². The molecule has 1 fully saturated rings. The lowest BCUT2D eigenvalue weighted by molar-refractivity contribution is 0.187. The summed E-state index contributed by atoms with van der Waals surface area (Å²) in [5.41, 5.74) is 0. The molecule has 1 atom stereocenters. The van der Waals surface area contributed by atoms with E-state index < -0.39 is 10.0 Å². The fraction of sp³-hybridized carbons (Fsp3) is 0.538. The number of aromatic hydroxyl groups is 1. The number of sulfonamides is 1. The summed E-state index contributed by atoms with van der Waals surface area (Å²) in [7, 11) is 0.0774. The molecule has 1 saturated heterocycles. The molecule has 1 N–H and O–H groups in total. The van der Waals surface area contributed by atoms with Gasteiger partial charge in [-0.3, -0.25) is 0 Å². The van der Waals surface area contributed by atoms with E-state index in [1.807, 2.05) is 7.05 Å². The van der Waals surface area contributed by atoms with Crippen LogP contribution < -0.4 is 0 Å². The van der Waals surface area contributed by atoms with Crippen molar-refractivity contribution in [3.05, 3.63) is 24.3 Å². The van der Waals surface area contributed by atoms with Crippen molar-refractivity contribution in [1.29, 1.82) is 0 Å². The van der Waals surface area contributed by atoms with E-state index in [2.05, 4.69) is 4.90 Å². The maximum Gasteiger partial charge on any atom is 0.243 e. The van der Waals surface area contributed by atoms with Crippen LogP contribution >= 0.6 is 0 Å². The third-order valence-electron chi connectivity index (χ3n) is 3.61. The first-order chi connectivity index (χ1) is 8.91. The summed E-state index contributed by atoms with van der Waals surface area (Å²) in [4.78, 5) is 2.28. The molecule has 0 saturated carbocycles. The first-order valence-electron chi connectivity index (χ1n) is 6.37. The van der Waals surface area contributed by atoms with Gasteiger partial charge in [-0.25, -0.2) is 8.42 Å². The van der Waals surface area contributed by atoms with Gasteiger partial charge < -0.3 is 10.0 Å². The van der Waals surface area contributed by atoms with Crippen molar-refractivity contribution in [2.24, 2.45) is 0 Å². The van der Waals surface area contributed by atoms with Gasteiger partial charge in [-0.2, -0.15) is 4.31 Å². The van der Waals surface area contributed by atoms with Gasteiger partial charge in [0.05, 0.1) is 4.90 Å². The van der Waals surface area contributed by atoms with Crippen LogP contribution in [0.25, 0.3) is 0 Å². The van der Waals surface area contributed by atoms with Crippen LogP contribution in [0.3, 0.4) is 0 Å². The van der Waals surface area contributed by atoms with E-state index in [-0.39, 0.29) is 16.7 Å². The molecule has 5 nitrogen and oxygen atoms in total. The third-order valence-corrected chi connectivity index (χ3v) is 5.51. The number of likely N-dealkylation sites (N-methyl/N-ethyl adjacent to an activating group) is 2. The summed E-state index contributed by atoms with van der Waals surface area (Å²) >= 11 is 0. The second-order valence-corrected chi connectivity index (χ2v) is 7.07. The molecule has 19 heavy (non-hydrogen) atoms. The molecular formula is C13H20N2O3S. The van der Waals surface area contributed by atoms with Crippen molar-refractivity contribution in [2.75, 3.05) is 27.2 Å². The summed E-state index contributed by atoms with van der Waals surface area (Å²) in [6.07, 6.45) is 1.87. The van der Waals surface area contributed by atoms with Crippen molar-refractivity contribution < 1.29 is 13.5 Å². The van der Waals surface area contributed by atoms with Gasteiger partial charge in [0.25, 0.3) is 0 Å². The van der Waals surface area contributed by atoms with E-state index in [0.29, 0.717) is 0 Å². The summed E-state index contributed by atoms with van der Waals surface area (Å²) in [6, 6.07) is 5.80. The Morgan fingerprint density at radius 1 is 1.42 bits per heavy atom. The Morgan fingerprint density at radius 2 is 2.16 bits per heavy atom. The Morgan fingerprint density at radius 3 is 2.79 bits per heavy atom. The molecule has 106 valence electrons. The Labute approximate surface area is 114 Å². The lowest BCUT2D eigenvalue weighted by Crippen LogP contribution is -2.47. The van der Waals surface area contributed by atoms with E-state index >= 15 is 0 Å². The van der Waals surface area contributed by atoms with Crippen LogP contribution in [0.1, 0.15) is 12.8 Å². The molecule has 0 radical (unpaired) electrons. The van der Waals surface area contributed by atoms with E-state index in [0.717, 1.165) is 25.9 Å². The Balaban J connectivity index is 2.24. The number of hydrogen-bond acceptors (Lipinski definition) is 4. The van der Waals surface area contributed by atoms with Crippen LogP contribution in [0.2, 0.25) is 0 Å². The molecule has 1 aliphatic rings. The Bertz CT molecular complexity index is 545. The fourth-order valence-corrected chi connectivity index (χ4v) is 3.86. The van der Waals surface area contributed by atoms with Crippen molar-refractivity contribution >= 4 is 10.0 Å². The van der Waals surface area contributed by atoms with Gasteiger partial charge in [-0.05, 0) is 44.6 Å². The number of hydrogen-bond donors (Lipinski definition) is 1. The third kappa shape index (κ3) is 3.08. The van der Waals surface area contributed by atoms with E-state index in [9.17, 15) is 13.5 Å². The summed E-state index contributed by atoms with van der Waals surface area (Å²) < 4.78 is 26.4. The normalized spacial score (nSPS) is 21.7. The molecular weight excluding hydrogens is 264 g/mol. The number of phenolic OH excluding ortho intramolecular Hbond substituents is 1. The quantitative estimate of drug-likeness (QED) is 0.903.